The van der Waals surface area contributed by atoms with Gasteiger partial charge in [0.05, 0.1) is 21.7 Å². The molecule has 186 valence electrons. The van der Waals surface area contributed by atoms with Crippen LogP contribution in [0.25, 0.3) is 5.57 Å². The van der Waals surface area contributed by atoms with Crippen LogP contribution in [0.3, 0.4) is 0 Å². The Morgan fingerprint density at radius 3 is 2.42 bits per heavy atom. The summed E-state index contributed by atoms with van der Waals surface area (Å²) in [5.41, 5.74) is 0.710. The maximum absolute atomic E-state index is 13.2. The second-order valence-corrected chi connectivity index (χ2v) is 9.44. The fourth-order valence-electron chi connectivity index (χ4n) is 3.17. The molecule has 0 atom stereocenters. The van der Waals surface area contributed by atoms with Crippen LogP contribution in [0.4, 0.5) is 10.1 Å². The van der Waals surface area contributed by atoms with E-state index in [2.05, 4.69) is 9.98 Å². The van der Waals surface area contributed by atoms with Gasteiger partial charge < -0.3 is 4.74 Å². The number of rotatable bonds is 9. The van der Waals surface area contributed by atoms with Gasteiger partial charge in [0.1, 0.15) is 11.6 Å². The monoisotopic (exact) mass is 511 g/mol. The van der Waals surface area contributed by atoms with Crippen molar-refractivity contribution in [3.63, 3.8) is 0 Å². The standard InChI is InChI=1S/C25H22FN3O6S/c1-3-4-18(23-13-14-27-16-24(23)35-21-9-5-19(26)6-10-21)15-28-17(2)25(30)36(33,34)22-11-7-20(8-12-22)29(31)32/h5-16H,3-4H2,1-2H3/b18-15+,28-17?. The van der Waals surface area contributed by atoms with Crippen LogP contribution in [-0.2, 0) is 14.6 Å². The van der Waals surface area contributed by atoms with Crippen LogP contribution >= 0.6 is 0 Å². The lowest BCUT2D eigenvalue weighted by molar-refractivity contribution is -0.384. The first-order valence-electron chi connectivity index (χ1n) is 10.8. The molecule has 3 rings (SSSR count). The number of ether oxygens (including phenoxy) is 1. The van der Waals surface area contributed by atoms with Crippen molar-refractivity contribution in [1.29, 1.82) is 0 Å². The van der Waals surface area contributed by atoms with Gasteiger partial charge in [-0.2, -0.15) is 0 Å². The van der Waals surface area contributed by atoms with E-state index in [0.717, 1.165) is 24.3 Å². The smallest absolute Gasteiger partial charge is 0.295 e. The zero-order valence-electron chi connectivity index (χ0n) is 19.4. The van der Waals surface area contributed by atoms with E-state index in [1.54, 1.807) is 12.3 Å². The summed E-state index contributed by atoms with van der Waals surface area (Å²) in [6.07, 6.45) is 5.69. The molecule has 0 spiro atoms. The predicted molar refractivity (Wildman–Crippen MR) is 132 cm³/mol. The maximum Gasteiger partial charge on any atom is 0.295 e. The number of hydrogen-bond donors (Lipinski definition) is 0. The molecule has 3 aromatic rings. The lowest BCUT2D eigenvalue weighted by Gasteiger charge is -2.13. The van der Waals surface area contributed by atoms with Crippen molar-refractivity contribution in [2.24, 2.45) is 4.99 Å². The van der Waals surface area contributed by atoms with E-state index in [4.69, 9.17) is 4.74 Å². The van der Waals surface area contributed by atoms with Gasteiger partial charge in [0.25, 0.3) is 10.8 Å². The first kappa shape index (κ1) is 26.4. The summed E-state index contributed by atoms with van der Waals surface area (Å²) in [6, 6.07) is 11.2. The fraction of sp³-hybridized carbons (Fsp3) is 0.160. The molecule has 0 N–H and O–H groups in total. The molecule has 0 amide bonds. The Morgan fingerprint density at radius 2 is 1.81 bits per heavy atom. The molecule has 0 aliphatic carbocycles. The van der Waals surface area contributed by atoms with E-state index in [1.165, 1.54) is 43.6 Å². The third kappa shape index (κ3) is 6.25. The normalized spacial score (nSPS) is 12.3. The van der Waals surface area contributed by atoms with Crippen LogP contribution in [0.2, 0.25) is 0 Å². The molecular formula is C25H22FN3O6S. The Bertz CT molecular complexity index is 1430. The molecule has 0 aliphatic rings. The highest BCUT2D eigenvalue weighted by Crippen LogP contribution is 2.32. The van der Waals surface area contributed by atoms with Gasteiger partial charge in [-0.1, -0.05) is 13.3 Å². The number of carbonyl (C=O) groups is 1. The summed E-state index contributed by atoms with van der Waals surface area (Å²) in [5, 5.41) is 9.58. The molecule has 0 fully saturated rings. The summed E-state index contributed by atoms with van der Waals surface area (Å²) in [6.45, 7) is 3.21. The number of nitrogens with zero attached hydrogens (tertiary/aromatic N) is 3. The number of nitro benzene ring substituents is 1. The number of non-ortho nitro benzene ring substituents is 1. The average molecular weight is 512 g/mol. The number of aliphatic imine (C=N–C) groups is 1. The minimum absolute atomic E-state index is 0.281. The van der Waals surface area contributed by atoms with Crippen LogP contribution in [0.15, 0.2) is 83.1 Å². The number of aromatic nitrogens is 1. The molecule has 0 saturated heterocycles. The summed E-state index contributed by atoms with van der Waals surface area (Å²) >= 11 is 0. The topological polar surface area (TPSA) is 129 Å². The molecule has 0 bridgehead atoms. The van der Waals surface area contributed by atoms with Crippen molar-refractivity contribution in [3.8, 4) is 11.5 Å². The largest absolute Gasteiger partial charge is 0.455 e. The van der Waals surface area contributed by atoms with Crippen molar-refractivity contribution in [3.05, 3.63) is 94.7 Å². The van der Waals surface area contributed by atoms with Crippen LogP contribution in [0, 0.1) is 15.9 Å². The Labute approximate surface area is 207 Å². The summed E-state index contributed by atoms with van der Waals surface area (Å²) in [5.74, 6) is 0.366. The third-order valence-electron chi connectivity index (χ3n) is 5.00. The second-order valence-electron chi connectivity index (χ2n) is 7.59. The highest BCUT2D eigenvalue weighted by Gasteiger charge is 2.27. The molecule has 0 radical (unpaired) electrons. The lowest BCUT2D eigenvalue weighted by atomic mass is 10.0. The zero-order chi connectivity index (χ0) is 26.3. The SMILES string of the molecule is CCC/C(=C\N=C(C)C(=O)S(=O)(=O)c1ccc([N+](=O)[O-])cc1)c1ccncc1Oc1ccc(F)cc1. The number of carbonyl (C=O) groups excluding carboxylic acids is 1. The number of benzene rings is 2. The average Bonchev–Trinajstić information content (AvgIpc) is 2.87. The first-order chi connectivity index (χ1) is 17.1. The van der Waals surface area contributed by atoms with E-state index >= 15 is 0 Å². The quantitative estimate of drug-likeness (QED) is 0.210. The van der Waals surface area contributed by atoms with Crippen LogP contribution in [0.5, 0.6) is 11.5 Å². The molecule has 0 saturated carbocycles. The summed E-state index contributed by atoms with van der Waals surface area (Å²) < 4.78 is 44.5. The molecule has 0 aliphatic heterocycles. The molecule has 0 unspecified atom stereocenters. The van der Waals surface area contributed by atoms with Gasteiger partial charge in [0.15, 0.2) is 5.75 Å². The fourth-order valence-corrected chi connectivity index (χ4v) is 4.32. The molecule has 1 aromatic heterocycles. The van der Waals surface area contributed by atoms with Crippen molar-refractivity contribution in [2.45, 2.75) is 31.6 Å². The van der Waals surface area contributed by atoms with Crippen molar-refractivity contribution < 1.29 is 27.3 Å². The summed E-state index contributed by atoms with van der Waals surface area (Å²) in [7, 11) is -4.44. The maximum atomic E-state index is 13.2. The molecule has 11 heteroatoms. The van der Waals surface area contributed by atoms with E-state index in [0.29, 0.717) is 35.5 Å². The highest BCUT2D eigenvalue weighted by molar-refractivity contribution is 8.08. The number of hydrogen-bond acceptors (Lipinski definition) is 8. The van der Waals surface area contributed by atoms with Crippen LogP contribution < -0.4 is 4.74 Å². The predicted octanol–water partition coefficient (Wildman–Crippen LogP) is 5.52. The first-order valence-corrected chi connectivity index (χ1v) is 12.3. The molecule has 2 aromatic carbocycles. The number of pyridine rings is 1. The Balaban J connectivity index is 1.91. The van der Waals surface area contributed by atoms with E-state index in [9.17, 15) is 27.7 Å². The van der Waals surface area contributed by atoms with Crippen LogP contribution in [0.1, 0.15) is 32.3 Å². The minimum Gasteiger partial charge on any atom is -0.455 e. The molecule has 9 nitrogen and oxygen atoms in total. The Hall–Kier alpha value is -4.25. The van der Waals surface area contributed by atoms with Gasteiger partial charge >= 0.3 is 0 Å². The van der Waals surface area contributed by atoms with Gasteiger partial charge in [-0.15, -0.1) is 0 Å². The second kappa shape index (κ2) is 11.5. The zero-order valence-corrected chi connectivity index (χ0v) is 20.2. The molecule has 36 heavy (non-hydrogen) atoms. The Morgan fingerprint density at radius 1 is 1.14 bits per heavy atom. The van der Waals surface area contributed by atoms with Crippen molar-refractivity contribution >= 4 is 31.9 Å². The lowest BCUT2D eigenvalue weighted by Crippen LogP contribution is -2.22. The van der Waals surface area contributed by atoms with Gasteiger partial charge in [-0.05, 0) is 61.4 Å². The third-order valence-corrected chi connectivity index (χ3v) is 6.68. The van der Waals surface area contributed by atoms with E-state index in [-0.39, 0.29) is 16.3 Å². The number of nitro groups is 1. The van der Waals surface area contributed by atoms with Gasteiger partial charge in [-0.3, -0.25) is 24.9 Å². The minimum atomic E-state index is -4.44. The molecular weight excluding hydrogens is 489 g/mol. The van der Waals surface area contributed by atoms with Gasteiger partial charge in [0, 0.05) is 30.1 Å². The molecule has 1 heterocycles. The number of allylic oxidation sites excluding steroid dienone is 1. The summed E-state index contributed by atoms with van der Waals surface area (Å²) in [4.78, 5) is 30.6. The number of halogens is 1. The Kier molecular flexibility index (Phi) is 8.38. The van der Waals surface area contributed by atoms with E-state index < -0.39 is 25.7 Å². The van der Waals surface area contributed by atoms with Gasteiger partial charge in [0.2, 0.25) is 9.84 Å². The van der Waals surface area contributed by atoms with Gasteiger partial charge in [-0.25, -0.2) is 12.8 Å². The van der Waals surface area contributed by atoms with Crippen molar-refractivity contribution in [2.75, 3.05) is 0 Å². The number of sulfone groups is 1. The van der Waals surface area contributed by atoms with E-state index in [1.807, 2.05) is 6.92 Å². The van der Waals surface area contributed by atoms with Crippen molar-refractivity contribution in [1.82, 2.24) is 4.98 Å². The van der Waals surface area contributed by atoms with Crippen LogP contribution in [-0.4, -0.2) is 29.2 Å². The highest BCUT2D eigenvalue weighted by atomic mass is 32.2.